The molecule has 0 aromatic heterocycles. The van der Waals surface area contributed by atoms with Gasteiger partial charge in [0.25, 0.3) is 0 Å². The summed E-state index contributed by atoms with van der Waals surface area (Å²) in [5, 5.41) is 3.29. The van der Waals surface area contributed by atoms with Gasteiger partial charge in [0.05, 0.1) is 0 Å². The molecule has 1 saturated carbocycles. The Balaban J connectivity index is 1.98. The number of benzene rings is 1. The summed E-state index contributed by atoms with van der Waals surface area (Å²) in [6.07, 6.45) is 3.24. The van der Waals surface area contributed by atoms with Crippen LogP contribution in [0.2, 0.25) is 0 Å². The Morgan fingerprint density at radius 1 is 1.19 bits per heavy atom. The van der Waals surface area contributed by atoms with E-state index in [2.05, 4.69) is 5.32 Å². The van der Waals surface area contributed by atoms with Crippen molar-refractivity contribution >= 4 is 11.6 Å². The first-order valence-corrected chi connectivity index (χ1v) is 5.93. The van der Waals surface area contributed by atoms with Crippen LogP contribution >= 0.6 is 11.6 Å². The molecular formula is C12H14ClF2N. The highest BCUT2D eigenvalue weighted by Crippen LogP contribution is 2.33. The van der Waals surface area contributed by atoms with Crippen LogP contribution in [0.1, 0.15) is 24.8 Å². The highest BCUT2D eigenvalue weighted by atomic mass is 35.5. The summed E-state index contributed by atoms with van der Waals surface area (Å²) < 4.78 is 25.9. The molecule has 1 N–H and O–H groups in total. The number of nitrogens with one attached hydrogen (secondary N) is 1. The third kappa shape index (κ3) is 2.53. The molecule has 4 heteroatoms. The first kappa shape index (κ1) is 11.8. The van der Waals surface area contributed by atoms with Crippen LogP contribution in [0.15, 0.2) is 18.2 Å². The lowest BCUT2D eigenvalue weighted by Gasteiger charge is -2.41. The Morgan fingerprint density at radius 2 is 1.81 bits per heavy atom. The van der Waals surface area contributed by atoms with Crippen molar-refractivity contribution in [3.63, 3.8) is 0 Å². The van der Waals surface area contributed by atoms with Crippen LogP contribution in [0.4, 0.5) is 8.78 Å². The Kier molecular flexibility index (Phi) is 3.45. The van der Waals surface area contributed by atoms with Crippen LogP contribution in [0.25, 0.3) is 0 Å². The zero-order valence-corrected chi connectivity index (χ0v) is 9.66. The van der Waals surface area contributed by atoms with Gasteiger partial charge in [-0.25, -0.2) is 8.78 Å². The summed E-state index contributed by atoms with van der Waals surface area (Å²) in [4.78, 5) is 0. The maximum absolute atomic E-state index is 12.9. The maximum atomic E-state index is 12.9. The Morgan fingerprint density at radius 3 is 2.25 bits per heavy atom. The molecule has 0 saturated heterocycles. The zero-order valence-electron chi connectivity index (χ0n) is 8.90. The van der Waals surface area contributed by atoms with Crippen molar-refractivity contribution in [2.75, 3.05) is 5.88 Å². The predicted octanol–water partition coefficient (Wildman–Crippen LogP) is 3.22. The number of rotatable bonds is 4. The Bertz CT molecular complexity index is 352. The fraction of sp³-hybridized carbons (Fsp3) is 0.500. The van der Waals surface area contributed by atoms with Crippen molar-refractivity contribution in [3.8, 4) is 0 Å². The summed E-state index contributed by atoms with van der Waals surface area (Å²) in [5.41, 5.74) is 0.596. The molecule has 0 bridgehead atoms. The summed E-state index contributed by atoms with van der Waals surface area (Å²) >= 11 is 5.88. The predicted molar refractivity (Wildman–Crippen MR) is 60.5 cm³/mol. The monoisotopic (exact) mass is 245 g/mol. The fourth-order valence-corrected chi connectivity index (χ4v) is 2.33. The second kappa shape index (κ2) is 4.68. The van der Waals surface area contributed by atoms with Crippen LogP contribution in [0.5, 0.6) is 0 Å². The second-order valence-electron chi connectivity index (χ2n) is 4.40. The number of alkyl halides is 1. The molecular weight excluding hydrogens is 232 g/mol. The number of hydrogen-bond donors (Lipinski definition) is 1. The molecule has 0 heterocycles. The van der Waals surface area contributed by atoms with Gasteiger partial charge in [-0.3, -0.25) is 0 Å². The minimum absolute atomic E-state index is 0.0235. The van der Waals surface area contributed by atoms with E-state index < -0.39 is 11.6 Å². The molecule has 0 aliphatic heterocycles. The molecule has 16 heavy (non-hydrogen) atoms. The van der Waals surface area contributed by atoms with Crippen LogP contribution in [-0.2, 0) is 6.54 Å². The summed E-state index contributed by atoms with van der Waals surface area (Å²) in [6, 6.07) is 3.57. The molecule has 2 rings (SSSR count). The molecule has 1 aliphatic carbocycles. The van der Waals surface area contributed by atoms with Gasteiger partial charge in [0.2, 0.25) is 0 Å². The molecule has 1 aromatic rings. The highest BCUT2D eigenvalue weighted by molar-refractivity contribution is 6.18. The van der Waals surface area contributed by atoms with Gasteiger partial charge in [-0.1, -0.05) is 0 Å². The molecule has 0 unspecified atom stereocenters. The van der Waals surface area contributed by atoms with Gasteiger partial charge in [-0.05, 0) is 37.0 Å². The second-order valence-corrected chi connectivity index (χ2v) is 4.67. The van der Waals surface area contributed by atoms with E-state index in [4.69, 9.17) is 11.6 Å². The minimum Gasteiger partial charge on any atom is -0.306 e. The van der Waals surface area contributed by atoms with E-state index >= 15 is 0 Å². The summed E-state index contributed by atoms with van der Waals surface area (Å²) in [5.74, 6) is -0.527. The van der Waals surface area contributed by atoms with E-state index in [-0.39, 0.29) is 5.54 Å². The van der Waals surface area contributed by atoms with Crippen molar-refractivity contribution < 1.29 is 8.78 Å². The summed E-state index contributed by atoms with van der Waals surface area (Å²) in [7, 11) is 0. The minimum atomic E-state index is -0.537. The van der Waals surface area contributed by atoms with E-state index in [1.165, 1.54) is 12.1 Å². The maximum Gasteiger partial charge on any atom is 0.126 e. The fourth-order valence-electron chi connectivity index (χ4n) is 1.96. The van der Waals surface area contributed by atoms with E-state index in [0.717, 1.165) is 25.3 Å². The SMILES string of the molecule is Fc1cc(F)cc(CNC2(CCl)CCC2)c1. The van der Waals surface area contributed by atoms with Crippen molar-refractivity contribution in [2.24, 2.45) is 0 Å². The van der Waals surface area contributed by atoms with Gasteiger partial charge in [-0.2, -0.15) is 0 Å². The van der Waals surface area contributed by atoms with Crippen molar-refractivity contribution in [1.82, 2.24) is 5.32 Å². The van der Waals surface area contributed by atoms with Gasteiger partial charge in [-0.15, -0.1) is 11.6 Å². The smallest absolute Gasteiger partial charge is 0.126 e. The van der Waals surface area contributed by atoms with Crippen LogP contribution in [0.3, 0.4) is 0 Å². The molecule has 0 radical (unpaired) electrons. The van der Waals surface area contributed by atoms with Crippen LogP contribution in [0, 0.1) is 11.6 Å². The van der Waals surface area contributed by atoms with Crippen molar-refractivity contribution in [3.05, 3.63) is 35.4 Å². The quantitative estimate of drug-likeness (QED) is 0.804. The standard InChI is InChI=1S/C12H14ClF2N/c13-8-12(2-1-3-12)16-7-9-4-10(14)6-11(15)5-9/h4-6,16H,1-3,7-8H2. The number of halogens is 3. The molecule has 0 spiro atoms. The average molecular weight is 246 g/mol. The molecule has 1 aromatic carbocycles. The van der Waals surface area contributed by atoms with Crippen LogP contribution in [-0.4, -0.2) is 11.4 Å². The zero-order chi connectivity index (χ0) is 11.6. The summed E-state index contributed by atoms with van der Waals surface area (Å²) in [6.45, 7) is 0.460. The van der Waals surface area contributed by atoms with Gasteiger partial charge in [0.15, 0.2) is 0 Å². The third-order valence-electron chi connectivity index (χ3n) is 3.16. The Labute approximate surface area is 98.8 Å². The molecule has 0 atom stereocenters. The van der Waals surface area contributed by atoms with Gasteiger partial charge in [0.1, 0.15) is 11.6 Å². The normalized spacial score (nSPS) is 18.2. The van der Waals surface area contributed by atoms with Crippen molar-refractivity contribution in [1.29, 1.82) is 0 Å². The van der Waals surface area contributed by atoms with Crippen molar-refractivity contribution in [2.45, 2.75) is 31.3 Å². The van der Waals surface area contributed by atoms with E-state index in [0.29, 0.717) is 18.0 Å². The van der Waals surface area contributed by atoms with E-state index in [9.17, 15) is 8.78 Å². The third-order valence-corrected chi connectivity index (χ3v) is 3.67. The molecule has 1 aliphatic rings. The number of hydrogen-bond acceptors (Lipinski definition) is 1. The van der Waals surface area contributed by atoms with Gasteiger partial charge < -0.3 is 5.32 Å². The lowest BCUT2D eigenvalue weighted by molar-refractivity contribution is 0.211. The highest BCUT2D eigenvalue weighted by Gasteiger charge is 2.35. The van der Waals surface area contributed by atoms with Gasteiger partial charge in [0, 0.05) is 24.0 Å². The lowest BCUT2D eigenvalue weighted by atomic mass is 9.78. The average Bonchev–Trinajstić information content (AvgIpc) is 2.15. The molecule has 1 nitrogen and oxygen atoms in total. The largest absolute Gasteiger partial charge is 0.306 e. The van der Waals surface area contributed by atoms with E-state index in [1.807, 2.05) is 0 Å². The topological polar surface area (TPSA) is 12.0 Å². The first-order valence-electron chi connectivity index (χ1n) is 5.40. The lowest BCUT2D eigenvalue weighted by Crippen LogP contribution is -2.52. The first-order chi connectivity index (χ1) is 7.63. The Hall–Kier alpha value is -0.670. The van der Waals surface area contributed by atoms with Gasteiger partial charge >= 0.3 is 0 Å². The van der Waals surface area contributed by atoms with Crippen LogP contribution < -0.4 is 5.32 Å². The molecule has 88 valence electrons. The molecule has 1 fully saturated rings. The van der Waals surface area contributed by atoms with E-state index in [1.54, 1.807) is 0 Å². The molecule has 0 amide bonds.